The van der Waals surface area contributed by atoms with Gasteiger partial charge in [0.2, 0.25) is 5.91 Å². The highest BCUT2D eigenvalue weighted by atomic mass is 35.5. The van der Waals surface area contributed by atoms with Crippen molar-refractivity contribution in [3.8, 4) is 11.1 Å². The summed E-state index contributed by atoms with van der Waals surface area (Å²) in [5, 5.41) is 3.34. The van der Waals surface area contributed by atoms with E-state index in [0.717, 1.165) is 27.5 Å². The van der Waals surface area contributed by atoms with Crippen molar-refractivity contribution in [1.29, 1.82) is 0 Å². The van der Waals surface area contributed by atoms with E-state index in [1.807, 2.05) is 55.6 Å². The molecule has 1 aromatic heterocycles. The number of amides is 1. The summed E-state index contributed by atoms with van der Waals surface area (Å²) in [5.74, 6) is 0.0733. The van der Waals surface area contributed by atoms with E-state index in [9.17, 15) is 9.59 Å². The molecule has 0 atom stereocenters. The number of hydrogen-bond donors (Lipinski definition) is 0. The SMILES string of the molecule is CCC(=O)N(C)c1ccc(-c2ccc(C(=O)Cc3nc(C)cs3)cc2)c(Cl)c1. The molecule has 0 fully saturated rings. The van der Waals surface area contributed by atoms with Crippen LogP contribution in [-0.2, 0) is 11.2 Å². The van der Waals surface area contributed by atoms with Gasteiger partial charge in [0, 0.05) is 41.4 Å². The summed E-state index contributed by atoms with van der Waals surface area (Å²) in [6, 6.07) is 13.0. The summed E-state index contributed by atoms with van der Waals surface area (Å²) >= 11 is 7.96. The molecule has 0 spiro atoms. The van der Waals surface area contributed by atoms with Gasteiger partial charge in [-0.05, 0) is 24.6 Å². The number of Topliss-reactive ketones (excluding diaryl/α,β-unsaturated/α-hetero) is 1. The zero-order chi connectivity index (χ0) is 20.3. The molecular formula is C22H21ClN2O2S. The molecule has 1 amide bonds. The van der Waals surface area contributed by atoms with Crippen molar-refractivity contribution < 1.29 is 9.59 Å². The van der Waals surface area contributed by atoms with Crippen LogP contribution in [0.1, 0.15) is 34.4 Å². The number of benzene rings is 2. The average Bonchev–Trinajstić information content (AvgIpc) is 3.11. The summed E-state index contributed by atoms with van der Waals surface area (Å²) in [6.45, 7) is 3.75. The lowest BCUT2D eigenvalue weighted by molar-refractivity contribution is -0.118. The van der Waals surface area contributed by atoms with Crippen LogP contribution in [0.25, 0.3) is 11.1 Å². The number of aromatic nitrogens is 1. The Kier molecular flexibility index (Phi) is 6.27. The largest absolute Gasteiger partial charge is 0.315 e. The van der Waals surface area contributed by atoms with Crippen LogP contribution in [0.15, 0.2) is 47.8 Å². The van der Waals surface area contributed by atoms with Crippen molar-refractivity contribution in [2.45, 2.75) is 26.7 Å². The predicted octanol–water partition coefficient (Wildman–Crippen LogP) is 5.57. The third kappa shape index (κ3) is 4.49. The number of nitrogens with zero attached hydrogens (tertiary/aromatic N) is 2. The summed E-state index contributed by atoms with van der Waals surface area (Å²) in [5.41, 5.74) is 4.12. The number of aryl methyl sites for hydroxylation is 1. The fourth-order valence-electron chi connectivity index (χ4n) is 2.89. The Bertz CT molecular complexity index is 1010. The second-order valence-electron chi connectivity index (χ2n) is 6.53. The first-order valence-corrected chi connectivity index (χ1v) is 10.3. The lowest BCUT2D eigenvalue weighted by Gasteiger charge is -2.17. The molecule has 1 heterocycles. The third-order valence-electron chi connectivity index (χ3n) is 4.51. The van der Waals surface area contributed by atoms with Crippen LogP contribution in [0.4, 0.5) is 5.69 Å². The van der Waals surface area contributed by atoms with Crippen molar-refractivity contribution in [2.75, 3.05) is 11.9 Å². The minimum Gasteiger partial charge on any atom is -0.315 e. The molecule has 0 radical (unpaired) electrons. The minimum absolute atomic E-state index is 0.0297. The standard InChI is InChI=1S/C22H21ClN2O2S/c1-4-22(27)25(3)17-9-10-18(19(23)11-17)15-5-7-16(8-6-15)20(26)12-21-24-14(2)13-28-21/h5-11,13H,4,12H2,1-3H3. The van der Waals surface area contributed by atoms with Crippen LogP contribution in [0, 0.1) is 6.92 Å². The van der Waals surface area contributed by atoms with Crippen molar-refractivity contribution in [1.82, 2.24) is 4.98 Å². The van der Waals surface area contributed by atoms with Gasteiger partial charge >= 0.3 is 0 Å². The molecule has 4 nitrogen and oxygen atoms in total. The van der Waals surface area contributed by atoms with Crippen molar-refractivity contribution in [3.63, 3.8) is 0 Å². The Labute approximate surface area is 173 Å². The number of anilines is 1. The predicted molar refractivity (Wildman–Crippen MR) is 115 cm³/mol. The zero-order valence-electron chi connectivity index (χ0n) is 16.0. The number of hydrogen-bond acceptors (Lipinski definition) is 4. The molecule has 28 heavy (non-hydrogen) atoms. The Hall–Kier alpha value is -2.50. The monoisotopic (exact) mass is 412 g/mol. The number of carbonyl (C=O) groups is 2. The molecular weight excluding hydrogens is 392 g/mol. The van der Waals surface area contributed by atoms with Gasteiger partial charge < -0.3 is 4.90 Å². The summed E-state index contributed by atoms with van der Waals surface area (Å²) in [4.78, 5) is 30.3. The van der Waals surface area contributed by atoms with Gasteiger partial charge in [0.25, 0.3) is 0 Å². The molecule has 0 aliphatic rings. The second kappa shape index (κ2) is 8.67. The fourth-order valence-corrected chi connectivity index (χ4v) is 3.94. The maximum atomic E-state index is 12.5. The van der Waals surface area contributed by atoms with E-state index in [1.54, 1.807) is 18.0 Å². The highest BCUT2D eigenvalue weighted by molar-refractivity contribution is 7.09. The maximum absolute atomic E-state index is 12.5. The van der Waals surface area contributed by atoms with Crippen molar-refractivity contribution in [3.05, 3.63) is 69.1 Å². The number of thiazole rings is 1. The molecule has 6 heteroatoms. The Morgan fingerprint density at radius 3 is 2.43 bits per heavy atom. The molecule has 0 saturated heterocycles. The van der Waals surface area contributed by atoms with E-state index >= 15 is 0 Å². The Morgan fingerprint density at radius 1 is 1.14 bits per heavy atom. The molecule has 2 aromatic carbocycles. The summed E-state index contributed by atoms with van der Waals surface area (Å²) in [7, 11) is 1.74. The van der Waals surface area contributed by atoms with Gasteiger partial charge in [-0.3, -0.25) is 9.59 Å². The average molecular weight is 413 g/mol. The molecule has 144 valence electrons. The van der Waals surface area contributed by atoms with Gasteiger partial charge in [0.1, 0.15) is 5.01 Å². The Morgan fingerprint density at radius 2 is 1.86 bits per heavy atom. The lowest BCUT2D eigenvalue weighted by atomic mass is 10.0. The zero-order valence-corrected chi connectivity index (χ0v) is 17.6. The van der Waals surface area contributed by atoms with Gasteiger partial charge in [0.15, 0.2) is 5.78 Å². The molecule has 0 bridgehead atoms. The van der Waals surface area contributed by atoms with E-state index in [-0.39, 0.29) is 11.7 Å². The number of halogens is 1. The third-order valence-corrected chi connectivity index (χ3v) is 5.79. The molecule has 0 saturated carbocycles. The molecule has 0 aliphatic heterocycles. The second-order valence-corrected chi connectivity index (χ2v) is 7.88. The molecule has 3 aromatic rings. The van der Waals surface area contributed by atoms with Gasteiger partial charge in [-0.15, -0.1) is 11.3 Å². The lowest BCUT2D eigenvalue weighted by Crippen LogP contribution is -2.24. The molecule has 0 aliphatic carbocycles. The van der Waals surface area contributed by atoms with Crippen LogP contribution in [0.3, 0.4) is 0 Å². The van der Waals surface area contributed by atoms with E-state index in [2.05, 4.69) is 4.98 Å². The van der Waals surface area contributed by atoms with Gasteiger partial charge in [-0.25, -0.2) is 4.98 Å². The highest BCUT2D eigenvalue weighted by Gasteiger charge is 2.13. The quantitative estimate of drug-likeness (QED) is 0.497. The first-order chi connectivity index (χ1) is 13.4. The first kappa shape index (κ1) is 20.2. The highest BCUT2D eigenvalue weighted by Crippen LogP contribution is 2.32. The smallest absolute Gasteiger partial charge is 0.226 e. The molecule has 0 unspecified atom stereocenters. The van der Waals surface area contributed by atoms with E-state index in [4.69, 9.17) is 11.6 Å². The van der Waals surface area contributed by atoms with Crippen molar-refractivity contribution >= 4 is 40.3 Å². The molecule has 3 rings (SSSR count). The van der Waals surface area contributed by atoms with E-state index in [0.29, 0.717) is 23.4 Å². The van der Waals surface area contributed by atoms with Crippen molar-refractivity contribution in [2.24, 2.45) is 0 Å². The van der Waals surface area contributed by atoms with Gasteiger partial charge in [-0.2, -0.15) is 0 Å². The number of carbonyl (C=O) groups excluding carboxylic acids is 2. The molecule has 0 N–H and O–H groups in total. The van der Waals surface area contributed by atoms with E-state index < -0.39 is 0 Å². The van der Waals surface area contributed by atoms with Crippen LogP contribution in [0.5, 0.6) is 0 Å². The minimum atomic E-state index is 0.0297. The van der Waals surface area contributed by atoms with Gasteiger partial charge in [0.05, 0.1) is 11.4 Å². The first-order valence-electron chi connectivity index (χ1n) is 8.99. The normalized spacial score (nSPS) is 10.7. The maximum Gasteiger partial charge on any atom is 0.226 e. The van der Waals surface area contributed by atoms with Crippen LogP contribution < -0.4 is 4.90 Å². The summed E-state index contributed by atoms with van der Waals surface area (Å²) < 4.78 is 0. The van der Waals surface area contributed by atoms with Gasteiger partial charge in [-0.1, -0.05) is 48.9 Å². The number of ketones is 1. The Balaban J connectivity index is 1.77. The topological polar surface area (TPSA) is 50.3 Å². The van der Waals surface area contributed by atoms with Crippen LogP contribution >= 0.6 is 22.9 Å². The van der Waals surface area contributed by atoms with Crippen LogP contribution in [-0.4, -0.2) is 23.7 Å². The van der Waals surface area contributed by atoms with E-state index in [1.165, 1.54) is 11.3 Å². The number of rotatable bonds is 6. The van der Waals surface area contributed by atoms with Crippen LogP contribution in [0.2, 0.25) is 5.02 Å². The summed E-state index contributed by atoms with van der Waals surface area (Å²) in [6.07, 6.45) is 0.747. The fraction of sp³-hybridized carbons (Fsp3) is 0.227.